The molecule has 1 aliphatic heterocycles. The highest BCUT2D eigenvalue weighted by Gasteiger charge is 2.13. The Bertz CT molecular complexity index is 714. The van der Waals surface area contributed by atoms with Gasteiger partial charge in [-0.15, -0.1) is 0 Å². The number of fused-ring (bicyclic) bond motifs is 1. The first-order valence-electron chi connectivity index (χ1n) is 6.84. The van der Waals surface area contributed by atoms with Gasteiger partial charge in [-0.25, -0.2) is 5.43 Å². The van der Waals surface area contributed by atoms with Crippen LogP contribution in [0.25, 0.3) is 0 Å². The van der Waals surface area contributed by atoms with Crippen LogP contribution in [0.15, 0.2) is 47.8 Å². The molecule has 0 unspecified atom stereocenters. The van der Waals surface area contributed by atoms with Gasteiger partial charge < -0.3 is 9.47 Å². The molecule has 1 aromatic carbocycles. The van der Waals surface area contributed by atoms with Crippen molar-refractivity contribution in [1.82, 2.24) is 10.4 Å². The zero-order valence-electron chi connectivity index (χ0n) is 12.1. The molecule has 0 fully saturated rings. The van der Waals surface area contributed by atoms with Gasteiger partial charge in [0.2, 0.25) is 6.79 Å². The number of benzene rings is 1. The Balaban J connectivity index is 1.62. The third kappa shape index (κ3) is 3.22. The van der Waals surface area contributed by atoms with Gasteiger partial charge in [0.25, 0.3) is 5.91 Å². The molecule has 0 radical (unpaired) electrons. The Hall–Kier alpha value is -2.89. The van der Waals surface area contributed by atoms with Gasteiger partial charge in [0.15, 0.2) is 11.5 Å². The van der Waals surface area contributed by atoms with E-state index in [0.29, 0.717) is 12.0 Å². The molecule has 1 aromatic heterocycles. The second-order valence-electron chi connectivity index (χ2n) is 4.89. The average molecular weight is 297 g/mol. The summed E-state index contributed by atoms with van der Waals surface area (Å²) in [6.45, 7) is 2.12. The standard InChI is InChI=1S/C16H15N3O3/c1-11(18-19-16(20)13-4-6-17-7-5-13)8-12-2-3-14-15(9-12)22-10-21-14/h2-7,9H,8,10H2,1H3,(H,19,20). The molecule has 0 saturated heterocycles. The molecule has 2 heterocycles. The van der Waals surface area contributed by atoms with Gasteiger partial charge in [-0.2, -0.15) is 5.10 Å². The molecule has 112 valence electrons. The maximum Gasteiger partial charge on any atom is 0.271 e. The lowest BCUT2D eigenvalue weighted by Crippen LogP contribution is -2.19. The quantitative estimate of drug-likeness (QED) is 0.693. The topological polar surface area (TPSA) is 72.8 Å². The Kier molecular flexibility index (Phi) is 4.00. The van der Waals surface area contributed by atoms with E-state index in [1.807, 2.05) is 25.1 Å². The van der Waals surface area contributed by atoms with Gasteiger partial charge in [0, 0.05) is 30.1 Å². The van der Waals surface area contributed by atoms with E-state index < -0.39 is 0 Å². The number of carbonyl (C=O) groups is 1. The van der Waals surface area contributed by atoms with Gasteiger partial charge in [0.1, 0.15) is 0 Å². The lowest BCUT2D eigenvalue weighted by molar-refractivity contribution is 0.0954. The Morgan fingerprint density at radius 3 is 2.82 bits per heavy atom. The van der Waals surface area contributed by atoms with Crippen LogP contribution in [0, 0.1) is 0 Å². The summed E-state index contributed by atoms with van der Waals surface area (Å²) in [5.74, 6) is 1.24. The summed E-state index contributed by atoms with van der Waals surface area (Å²) < 4.78 is 10.6. The highest BCUT2D eigenvalue weighted by molar-refractivity contribution is 5.95. The SMILES string of the molecule is CC(Cc1ccc2c(c1)OCO2)=NNC(=O)c1ccncc1. The third-order valence-electron chi connectivity index (χ3n) is 3.19. The molecule has 3 rings (SSSR count). The van der Waals surface area contributed by atoms with E-state index in [-0.39, 0.29) is 12.7 Å². The Labute approximate surface area is 127 Å². The molecule has 6 nitrogen and oxygen atoms in total. The molecule has 0 atom stereocenters. The zero-order valence-corrected chi connectivity index (χ0v) is 12.1. The maximum absolute atomic E-state index is 11.9. The number of ether oxygens (including phenoxy) is 2. The summed E-state index contributed by atoms with van der Waals surface area (Å²) in [6.07, 6.45) is 3.75. The van der Waals surface area contributed by atoms with E-state index in [2.05, 4.69) is 15.5 Å². The van der Waals surface area contributed by atoms with E-state index >= 15 is 0 Å². The Morgan fingerprint density at radius 2 is 2.00 bits per heavy atom. The second kappa shape index (κ2) is 6.26. The van der Waals surface area contributed by atoms with Crippen molar-refractivity contribution in [3.05, 3.63) is 53.9 Å². The van der Waals surface area contributed by atoms with Crippen LogP contribution in [0.5, 0.6) is 11.5 Å². The largest absolute Gasteiger partial charge is 0.454 e. The molecule has 1 amide bonds. The van der Waals surface area contributed by atoms with Gasteiger partial charge >= 0.3 is 0 Å². The minimum absolute atomic E-state index is 0.257. The first-order chi connectivity index (χ1) is 10.7. The predicted octanol–water partition coefficient (Wildman–Crippen LogP) is 2.16. The van der Waals surface area contributed by atoms with E-state index in [1.165, 1.54) is 0 Å². The lowest BCUT2D eigenvalue weighted by atomic mass is 10.1. The normalized spacial score (nSPS) is 13.0. The summed E-state index contributed by atoms with van der Waals surface area (Å²) in [5, 5.41) is 4.11. The van der Waals surface area contributed by atoms with Gasteiger partial charge in [-0.05, 0) is 36.8 Å². The van der Waals surface area contributed by atoms with Crippen LogP contribution < -0.4 is 14.9 Å². The van der Waals surface area contributed by atoms with Crippen molar-refractivity contribution in [3.8, 4) is 11.5 Å². The van der Waals surface area contributed by atoms with E-state index in [9.17, 15) is 4.79 Å². The molecule has 0 aliphatic carbocycles. The van der Waals surface area contributed by atoms with Crippen LogP contribution in [0.2, 0.25) is 0 Å². The smallest absolute Gasteiger partial charge is 0.271 e. The first kappa shape index (κ1) is 14.1. The second-order valence-corrected chi connectivity index (χ2v) is 4.89. The summed E-state index contributed by atoms with van der Waals surface area (Å²) in [5.41, 5.74) is 4.90. The van der Waals surface area contributed by atoms with E-state index in [1.54, 1.807) is 24.5 Å². The van der Waals surface area contributed by atoms with E-state index in [4.69, 9.17) is 9.47 Å². The zero-order chi connectivity index (χ0) is 15.4. The summed E-state index contributed by atoms with van der Waals surface area (Å²) in [7, 11) is 0. The fourth-order valence-electron chi connectivity index (χ4n) is 2.10. The van der Waals surface area contributed by atoms with Crippen molar-refractivity contribution >= 4 is 11.6 Å². The first-order valence-corrected chi connectivity index (χ1v) is 6.84. The fourth-order valence-corrected chi connectivity index (χ4v) is 2.10. The highest BCUT2D eigenvalue weighted by Crippen LogP contribution is 2.32. The average Bonchev–Trinajstić information content (AvgIpc) is 3.01. The highest BCUT2D eigenvalue weighted by atomic mass is 16.7. The number of pyridine rings is 1. The van der Waals surface area contributed by atoms with Crippen molar-refractivity contribution in [2.75, 3.05) is 6.79 Å². The van der Waals surface area contributed by atoms with Gasteiger partial charge in [-0.3, -0.25) is 9.78 Å². The number of hydrogen-bond donors (Lipinski definition) is 1. The number of aromatic nitrogens is 1. The fraction of sp³-hybridized carbons (Fsp3) is 0.188. The predicted molar refractivity (Wildman–Crippen MR) is 81.1 cm³/mol. The number of carbonyl (C=O) groups excluding carboxylic acids is 1. The third-order valence-corrected chi connectivity index (χ3v) is 3.19. The summed E-state index contributed by atoms with van der Waals surface area (Å²) in [4.78, 5) is 15.7. The molecule has 0 bridgehead atoms. The van der Waals surface area contributed by atoms with Crippen LogP contribution in [0.3, 0.4) is 0 Å². The molecule has 0 spiro atoms. The van der Waals surface area contributed by atoms with Crippen LogP contribution in [0.4, 0.5) is 0 Å². The number of amides is 1. The molecule has 6 heteroatoms. The summed E-state index contributed by atoms with van der Waals surface area (Å²) >= 11 is 0. The van der Waals surface area contributed by atoms with Crippen LogP contribution in [-0.4, -0.2) is 23.4 Å². The van der Waals surface area contributed by atoms with Crippen molar-refractivity contribution in [2.45, 2.75) is 13.3 Å². The molecular weight excluding hydrogens is 282 g/mol. The number of hydrogen-bond acceptors (Lipinski definition) is 5. The lowest BCUT2D eigenvalue weighted by Gasteiger charge is -2.04. The minimum Gasteiger partial charge on any atom is -0.454 e. The number of hydrazone groups is 1. The Morgan fingerprint density at radius 1 is 1.23 bits per heavy atom. The van der Waals surface area contributed by atoms with Crippen LogP contribution in [-0.2, 0) is 6.42 Å². The van der Waals surface area contributed by atoms with E-state index in [0.717, 1.165) is 22.8 Å². The van der Waals surface area contributed by atoms with Crippen LogP contribution >= 0.6 is 0 Å². The molecule has 1 N–H and O–H groups in total. The monoisotopic (exact) mass is 297 g/mol. The molecule has 22 heavy (non-hydrogen) atoms. The van der Waals surface area contributed by atoms with Crippen molar-refractivity contribution in [1.29, 1.82) is 0 Å². The van der Waals surface area contributed by atoms with Crippen molar-refractivity contribution in [3.63, 3.8) is 0 Å². The maximum atomic E-state index is 11.9. The molecular formula is C16H15N3O3. The van der Waals surface area contributed by atoms with Crippen LogP contribution in [0.1, 0.15) is 22.8 Å². The summed E-state index contributed by atoms with van der Waals surface area (Å²) in [6, 6.07) is 9.03. The number of rotatable bonds is 4. The number of nitrogens with one attached hydrogen (secondary N) is 1. The minimum atomic E-state index is -0.257. The number of nitrogens with zero attached hydrogens (tertiary/aromatic N) is 2. The van der Waals surface area contributed by atoms with Gasteiger partial charge in [-0.1, -0.05) is 6.07 Å². The molecule has 2 aromatic rings. The van der Waals surface area contributed by atoms with Gasteiger partial charge in [0.05, 0.1) is 0 Å². The van der Waals surface area contributed by atoms with Crippen molar-refractivity contribution in [2.24, 2.45) is 5.10 Å². The van der Waals surface area contributed by atoms with Crippen molar-refractivity contribution < 1.29 is 14.3 Å². The molecule has 0 saturated carbocycles. The molecule has 1 aliphatic rings.